The Kier molecular flexibility index (Phi) is 9.97. The van der Waals surface area contributed by atoms with E-state index in [-0.39, 0.29) is 11.1 Å². The maximum absolute atomic E-state index is 13.1. The minimum atomic E-state index is -2.16. The molecule has 11 heteroatoms. The van der Waals surface area contributed by atoms with Crippen molar-refractivity contribution in [2.24, 2.45) is 0 Å². The van der Waals surface area contributed by atoms with Gasteiger partial charge in [0.05, 0.1) is 44.6 Å². The van der Waals surface area contributed by atoms with Crippen LogP contribution >= 0.6 is 11.6 Å². The lowest BCUT2D eigenvalue weighted by Gasteiger charge is -2.36. The molecule has 9 nitrogen and oxygen atoms in total. The van der Waals surface area contributed by atoms with Gasteiger partial charge >= 0.3 is 5.97 Å². The first-order chi connectivity index (χ1) is 20.7. The van der Waals surface area contributed by atoms with Crippen molar-refractivity contribution in [3.63, 3.8) is 0 Å². The number of aromatic nitrogens is 3. The van der Waals surface area contributed by atoms with Gasteiger partial charge in [0, 0.05) is 34.8 Å². The summed E-state index contributed by atoms with van der Waals surface area (Å²) in [5, 5.41) is 4.73. The summed E-state index contributed by atoms with van der Waals surface area (Å²) in [6.07, 6.45) is 1.56. The summed E-state index contributed by atoms with van der Waals surface area (Å²) in [6.45, 7) is 16.1. The Hall–Kier alpha value is -3.60. The van der Waals surface area contributed by atoms with Crippen LogP contribution in [0.3, 0.4) is 0 Å². The number of halogens is 1. The van der Waals surface area contributed by atoms with Crippen LogP contribution in [0.5, 0.6) is 11.5 Å². The molecule has 4 rings (SSSR count). The van der Waals surface area contributed by atoms with Gasteiger partial charge in [-0.05, 0) is 61.8 Å². The fraction of sp³-hybridized carbons (Fsp3) is 0.424. The molecule has 0 aliphatic rings. The topological polar surface area (TPSA) is 96.7 Å². The van der Waals surface area contributed by atoms with Crippen LogP contribution in [0.2, 0.25) is 23.2 Å². The van der Waals surface area contributed by atoms with Crippen molar-refractivity contribution in [2.45, 2.75) is 71.9 Å². The molecule has 0 aliphatic carbocycles. The summed E-state index contributed by atoms with van der Waals surface area (Å²) in [6, 6.07) is 11.0. The van der Waals surface area contributed by atoms with Crippen molar-refractivity contribution >= 4 is 42.7 Å². The van der Waals surface area contributed by atoms with Gasteiger partial charge in [-0.3, -0.25) is 0 Å². The summed E-state index contributed by atoms with van der Waals surface area (Å²) in [4.78, 5) is 22.6. The monoisotopic (exact) mass is 638 g/mol. The van der Waals surface area contributed by atoms with Crippen LogP contribution in [0.15, 0.2) is 42.7 Å². The van der Waals surface area contributed by atoms with Gasteiger partial charge in [-0.15, -0.1) is 0 Å². The van der Waals surface area contributed by atoms with Crippen LogP contribution in [-0.2, 0) is 22.3 Å². The van der Waals surface area contributed by atoms with E-state index in [1.807, 2.05) is 24.3 Å². The molecule has 44 heavy (non-hydrogen) atoms. The van der Waals surface area contributed by atoms with Gasteiger partial charge in [0.1, 0.15) is 29.3 Å². The minimum absolute atomic E-state index is 0.00321. The SMILES string of the molecule is COC(=O)c1cc(Cl)ccc1-c1c(CO[Si](C)(C)C(C)(C)C)n(C(C)C)c2ncnc(NCc3ccc(OC)cc3OC)c12. The molecule has 2 heterocycles. The summed E-state index contributed by atoms with van der Waals surface area (Å²) >= 11 is 6.40. The first kappa shape index (κ1) is 33.3. The number of ether oxygens (including phenoxy) is 3. The number of anilines is 1. The summed E-state index contributed by atoms with van der Waals surface area (Å²) in [5.41, 5.74) is 4.37. The van der Waals surface area contributed by atoms with Gasteiger partial charge in [0.2, 0.25) is 0 Å². The highest BCUT2D eigenvalue weighted by atomic mass is 35.5. The Morgan fingerprint density at radius 2 is 1.77 bits per heavy atom. The molecule has 236 valence electrons. The molecular weight excluding hydrogens is 596 g/mol. The van der Waals surface area contributed by atoms with Crippen molar-refractivity contribution in [1.82, 2.24) is 14.5 Å². The Labute approximate surface area is 266 Å². The fourth-order valence-corrected chi connectivity index (χ4v) is 6.06. The van der Waals surface area contributed by atoms with E-state index in [9.17, 15) is 4.79 Å². The lowest BCUT2D eigenvalue weighted by molar-refractivity contribution is 0.0601. The van der Waals surface area contributed by atoms with Crippen LogP contribution in [0.1, 0.15) is 62.3 Å². The number of hydrogen-bond acceptors (Lipinski definition) is 8. The second-order valence-electron chi connectivity index (χ2n) is 12.5. The second-order valence-corrected chi connectivity index (χ2v) is 17.7. The summed E-state index contributed by atoms with van der Waals surface area (Å²) < 4.78 is 25.2. The molecule has 0 saturated heterocycles. The number of esters is 1. The normalized spacial score (nSPS) is 12.1. The highest BCUT2D eigenvalue weighted by molar-refractivity contribution is 6.74. The Morgan fingerprint density at radius 3 is 2.39 bits per heavy atom. The fourth-order valence-electron chi connectivity index (χ4n) is 4.96. The molecule has 0 saturated carbocycles. The Morgan fingerprint density at radius 1 is 1.05 bits per heavy atom. The zero-order valence-electron chi connectivity index (χ0n) is 27.3. The molecule has 0 unspecified atom stereocenters. The van der Waals surface area contributed by atoms with E-state index >= 15 is 0 Å². The van der Waals surface area contributed by atoms with Gasteiger partial charge in [-0.25, -0.2) is 14.8 Å². The van der Waals surface area contributed by atoms with Gasteiger partial charge in [-0.2, -0.15) is 0 Å². The van der Waals surface area contributed by atoms with Crippen LogP contribution < -0.4 is 14.8 Å². The van der Waals surface area contributed by atoms with E-state index in [4.69, 9.17) is 40.2 Å². The largest absolute Gasteiger partial charge is 0.497 e. The minimum Gasteiger partial charge on any atom is -0.497 e. The summed E-state index contributed by atoms with van der Waals surface area (Å²) in [5.74, 6) is 1.52. The zero-order valence-corrected chi connectivity index (χ0v) is 29.0. The molecule has 0 amide bonds. The summed E-state index contributed by atoms with van der Waals surface area (Å²) in [7, 11) is 2.46. The molecule has 2 aromatic heterocycles. The lowest BCUT2D eigenvalue weighted by atomic mass is 9.97. The molecule has 0 aliphatic heterocycles. The van der Waals surface area contributed by atoms with E-state index < -0.39 is 14.3 Å². The van der Waals surface area contributed by atoms with Crippen LogP contribution in [0.25, 0.3) is 22.2 Å². The number of carbonyl (C=O) groups excluding carboxylic acids is 1. The van der Waals surface area contributed by atoms with Gasteiger partial charge in [-0.1, -0.05) is 38.4 Å². The van der Waals surface area contributed by atoms with E-state index in [0.717, 1.165) is 27.9 Å². The number of hydrogen-bond donors (Lipinski definition) is 1. The lowest BCUT2D eigenvalue weighted by Crippen LogP contribution is -2.40. The van der Waals surface area contributed by atoms with Crippen molar-refractivity contribution < 1.29 is 23.4 Å². The smallest absolute Gasteiger partial charge is 0.338 e. The number of nitrogens with zero attached hydrogens (tertiary/aromatic N) is 3. The average Bonchev–Trinajstić information content (AvgIpc) is 3.32. The van der Waals surface area contributed by atoms with Crippen LogP contribution in [0, 0.1) is 0 Å². The molecule has 0 atom stereocenters. The van der Waals surface area contributed by atoms with Crippen molar-refractivity contribution in [1.29, 1.82) is 0 Å². The predicted octanol–water partition coefficient (Wildman–Crippen LogP) is 8.27. The number of rotatable bonds is 11. The standard InChI is InChI=1S/C33H43ClN4O5Si/c1-20(2)38-26(18-43-44(9,10)33(3,4)5)28(24-14-12-22(34)15-25(24)32(39)42-8)29-30(36-19-37-31(29)38)35-17-21-11-13-23(40-6)16-27(21)41-7/h11-16,19-20H,17-18H2,1-10H3,(H,35,36,37). The Balaban J connectivity index is 1.99. The number of fused-ring (bicyclic) bond motifs is 1. The third kappa shape index (κ3) is 6.57. The first-order valence-electron chi connectivity index (χ1n) is 14.6. The molecule has 2 aromatic carbocycles. The molecule has 0 fully saturated rings. The van der Waals surface area contributed by atoms with E-state index in [0.29, 0.717) is 46.6 Å². The Bertz CT molecular complexity index is 1660. The quantitative estimate of drug-likeness (QED) is 0.129. The molecule has 0 bridgehead atoms. The first-order valence-corrected chi connectivity index (χ1v) is 17.9. The van der Waals surface area contributed by atoms with Crippen molar-refractivity contribution in [3.05, 3.63) is 64.6 Å². The van der Waals surface area contributed by atoms with Crippen LogP contribution in [-0.4, -0.2) is 50.2 Å². The number of nitrogens with one attached hydrogen (secondary N) is 1. The average molecular weight is 639 g/mol. The third-order valence-electron chi connectivity index (χ3n) is 8.37. The van der Waals surface area contributed by atoms with Crippen molar-refractivity contribution in [3.8, 4) is 22.6 Å². The molecule has 4 aromatic rings. The number of benzene rings is 2. The van der Waals surface area contributed by atoms with Gasteiger partial charge in [0.25, 0.3) is 0 Å². The highest BCUT2D eigenvalue weighted by Crippen LogP contribution is 2.44. The molecule has 0 radical (unpaired) electrons. The van der Waals surface area contributed by atoms with Gasteiger partial charge < -0.3 is 28.5 Å². The molecular formula is C33H43ClN4O5Si. The van der Waals surface area contributed by atoms with E-state index in [1.54, 1.807) is 32.7 Å². The predicted molar refractivity (Wildman–Crippen MR) is 179 cm³/mol. The zero-order chi connectivity index (χ0) is 32.4. The van der Waals surface area contributed by atoms with E-state index in [1.165, 1.54) is 7.11 Å². The molecule has 1 N–H and O–H groups in total. The third-order valence-corrected chi connectivity index (χ3v) is 13.1. The van der Waals surface area contributed by atoms with E-state index in [2.05, 4.69) is 57.6 Å². The molecule has 0 spiro atoms. The second kappa shape index (κ2) is 13.2. The van der Waals surface area contributed by atoms with Gasteiger partial charge in [0.15, 0.2) is 8.32 Å². The maximum atomic E-state index is 13.1. The maximum Gasteiger partial charge on any atom is 0.338 e. The van der Waals surface area contributed by atoms with Crippen molar-refractivity contribution in [2.75, 3.05) is 26.6 Å². The number of carbonyl (C=O) groups is 1. The number of methoxy groups -OCH3 is 3. The van der Waals surface area contributed by atoms with Crippen LogP contribution in [0.4, 0.5) is 5.82 Å². The highest BCUT2D eigenvalue weighted by Gasteiger charge is 2.38.